The van der Waals surface area contributed by atoms with Gasteiger partial charge in [-0.2, -0.15) is 0 Å². The van der Waals surface area contributed by atoms with E-state index in [2.05, 4.69) is 32.1 Å². The molecular weight excluding hydrogens is 226 g/mol. The van der Waals surface area contributed by atoms with Gasteiger partial charge in [-0.15, -0.1) is 0 Å². The first-order valence-electron chi connectivity index (χ1n) is 6.68. The van der Waals surface area contributed by atoms with Gasteiger partial charge in [-0.05, 0) is 33.0 Å². The van der Waals surface area contributed by atoms with Crippen molar-refractivity contribution in [2.75, 3.05) is 45.2 Å². The Morgan fingerprint density at radius 3 is 2.67 bits per heavy atom. The summed E-state index contributed by atoms with van der Waals surface area (Å²) in [4.78, 5) is 13.5. The normalized spacial score (nSPS) is 16.1. The Morgan fingerprint density at radius 1 is 1.28 bits per heavy atom. The van der Waals surface area contributed by atoms with Gasteiger partial charge >= 0.3 is 0 Å². The highest BCUT2D eigenvalue weighted by atomic mass is 15.2. The minimum Gasteiger partial charge on any atom is -0.357 e. The molecule has 1 aliphatic rings. The molecule has 100 valence electrons. The van der Waals surface area contributed by atoms with E-state index in [4.69, 9.17) is 0 Å². The third-order valence-corrected chi connectivity index (χ3v) is 3.39. The lowest BCUT2D eigenvalue weighted by Gasteiger charge is -2.22. The zero-order valence-corrected chi connectivity index (χ0v) is 11.4. The average Bonchev–Trinajstić information content (AvgIpc) is 2.90. The van der Waals surface area contributed by atoms with Crippen LogP contribution in [0.3, 0.4) is 0 Å². The van der Waals surface area contributed by atoms with Crippen LogP contribution >= 0.6 is 0 Å². The molecule has 1 fully saturated rings. The van der Waals surface area contributed by atoms with Gasteiger partial charge in [0.1, 0.15) is 5.82 Å². The Balaban J connectivity index is 1.81. The fourth-order valence-electron chi connectivity index (χ4n) is 2.23. The molecule has 0 amide bonds. The van der Waals surface area contributed by atoms with Crippen molar-refractivity contribution in [1.29, 1.82) is 0 Å². The number of likely N-dealkylation sites (tertiary alicyclic amines) is 1. The molecule has 5 heteroatoms. The maximum Gasteiger partial charge on any atom is 0.146 e. The Hall–Kier alpha value is -1.20. The molecule has 2 rings (SSSR count). The molecule has 0 radical (unpaired) electrons. The largest absolute Gasteiger partial charge is 0.357 e. The van der Waals surface area contributed by atoms with Crippen LogP contribution in [0.4, 0.5) is 5.82 Å². The van der Waals surface area contributed by atoms with E-state index >= 15 is 0 Å². The molecule has 1 N–H and O–H groups in total. The van der Waals surface area contributed by atoms with E-state index in [9.17, 15) is 0 Å². The lowest BCUT2D eigenvalue weighted by atomic mass is 10.4. The summed E-state index contributed by atoms with van der Waals surface area (Å²) in [6.45, 7) is 5.41. The van der Waals surface area contributed by atoms with E-state index in [1.165, 1.54) is 25.9 Å². The van der Waals surface area contributed by atoms with Gasteiger partial charge in [-0.25, -0.2) is 4.98 Å². The van der Waals surface area contributed by atoms with Crippen LogP contribution in [0, 0.1) is 0 Å². The summed E-state index contributed by atoms with van der Waals surface area (Å²) >= 11 is 0. The van der Waals surface area contributed by atoms with Crippen LogP contribution in [0.15, 0.2) is 12.4 Å². The summed E-state index contributed by atoms with van der Waals surface area (Å²) in [6.07, 6.45) is 6.40. The number of aromatic nitrogens is 2. The lowest BCUT2D eigenvalue weighted by Crippen LogP contribution is -2.31. The van der Waals surface area contributed by atoms with Crippen molar-refractivity contribution in [2.45, 2.75) is 19.4 Å². The van der Waals surface area contributed by atoms with Gasteiger partial charge in [0.05, 0.1) is 18.1 Å². The first kappa shape index (κ1) is 13.2. The van der Waals surface area contributed by atoms with E-state index in [1.807, 2.05) is 19.4 Å². The maximum absolute atomic E-state index is 4.45. The number of anilines is 1. The number of rotatable bonds is 6. The topological polar surface area (TPSA) is 44.3 Å². The fourth-order valence-corrected chi connectivity index (χ4v) is 2.23. The van der Waals surface area contributed by atoms with Crippen LogP contribution in [0.25, 0.3) is 0 Å². The van der Waals surface area contributed by atoms with Gasteiger partial charge in [-0.1, -0.05) is 0 Å². The highest BCUT2D eigenvalue weighted by Crippen LogP contribution is 2.09. The van der Waals surface area contributed by atoms with Gasteiger partial charge < -0.3 is 15.1 Å². The number of hydrogen-bond acceptors (Lipinski definition) is 5. The lowest BCUT2D eigenvalue weighted by molar-refractivity contribution is 0.346. The Morgan fingerprint density at radius 2 is 2.06 bits per heavy atom. The second kappa shape index (κ2) is 6.66. The Bertz CT molecular complexity index is 345. The van der Waals surface area contributed by atoms with Gasteiger partial charge in [0, 0.05) is 26.7 Å². The molecule has 0 saturated carbocycles. The molecule has 0 unspecified atom stereocenters. The molecule has 0 aliphatic carbocycles. The maximum atomic E-state index is 4.45. The van der Waals surface area contributed by atoms with Gasteiger partial charge in [0.25, 0.3) is 0 Å². The van der Waals surface area contributed by atoms with E-state index < -0.39 is 0 Å². The van der Waals surface area contributed by atoms with Crippen molar-refractivity contribution in [2.24, 2.45) is 0 Å². The third-order valence-electron chi connectivity index (χ3n) is 3.39. The van der Waals surface area contributed by atoms with E-state index in [0.29, 0.717) is 0 Å². The van der Waals surface area contributed by atoms with E-state index in [0.717, 1.165) is 31.1 Å². The van der Waals surface area contributed by atoms with E-state index in [-0.39, 0.29) is 0 Å². The molecule has 1 aliphatic heterocycles. The van der Waals surface area contributed by atoms with Crippen LogP contribution < -0.4 is 10.2 Å². The fraction of sp³-hybridized carbons (Fsp3) is 0.692. The zero-order chi connectivity index (χ0) is 12.8. The monoisotopic (exact) mass is 249 g/mol. The van der Waals surface area contributed by atoms with Gasteiger partial charge in [0.15, 0.2) is 0 Å². The molecule has 18 heavy (non-hydrogen) atoms. The summed E-state index contributed by atoms with van der Waals surface area (Å²) in [7, 11) is 4.00. The first-order valence-corrected chi connectivity index (χ1v) is 6.68. The first-order chi connectivity index (χ1) is 8.79. The van der Waals surface area contributed by atoms with Crippen LogP contribution in [-0.2, 0) is 6.54 Å². The van der Waals surface area contributed by atoms with Crippen molar-refractivity contribution < 1.29 is 0 Å². The summed E-state index contributed by atoms with van der Waals surface area (Å²) in [5, 5.41) is 3.07. The zero-order valence-electron chi connectivity index (χ0n) is 11.4. The Labute approximate surface area is 109 Å². The van der Waals surface area contributed by atoms with Crippen LogP contribution in [0.5, 0.6) is 0 Å². The number of nitrogens with one attached hydrogen (secondary N) is 1. The number of likely N-dealkylation sites (N-methyl/N-ethyl adjacent to an activating group) is 1. The smallest absolute Gasteiger partial charge is 0.146 e. The highest BCUT2D eigenvalue weighted by molar-refractivity contribution is 5.34. The second-order valence-electron chi connectivity index (χ2n) is 4.87. The van der Waals surface area contributed by atoms with Crippen molar-refractivity contribution in [3.05, 3.63) is 18.1 Å². The Kier molecular flexibility index (Phi) is 4.90. The standard InChI is InChI=1S/C13H23N5/c1-14-9-12-10-16-13(11-15-12)17(2)7-8-18-5-3-4-6-18/h10-11,14H,3-9H2,1-2H3. The quantitative estimate of drug-likeness (QED) is 0.805. The van der Waals surface area contributed by atoms with Crippen LogP contribution in [0.2, 0.25) is 0 Å². The molecule has 1 aromatic heterocycles. The molecule has 0 spiro atoms. The van der Waals surface area contributed by atoms with Crippen molar-refractivity contribution >= 4 is 5.82 Å². The highest BCUT2D eigenvalue weighted by Gasteiger charge is 2.12. The van der Waals surface area contributed by atoms with Crippen molar-refractivity contribution in [1.82, 2.24) is 20.2 Å². The SMILES string of the molecule is CNCc1cnc(N(C)CCN2CCCC2)cn1. The molecule has 5 nitrogen and oxygen atoms in total. The minimum atomic E-state index is 0.769. The van der Waals surface area contributed by atoms with Gasteiger partial charge in [-0.3, -0.25) is 4.98 Å². The molecule has 0 atom stereocenters. The molecule has 0 bridgehead atoms. The third kappa shape index (κ3) is 3.65. The molecule has 2 heterocycles. The number of nitrogens with zero attached hydrogens (tertiary/aromatic N) is 4. The molecular formula is C13H23N5. The van der Waals surface area contributed by atoms with Crippen molar-refractivity contribution in [3.63, 3.8) is 0 Å². The summed E-state index contributed by atoms with van der Waals surface area (Å²) in [5.41, 5.74) is 0.981. The number of hydrogen-bond donors (Lipinski definition) is 1. The summed E-state index contributed by atoms with van der Waals surface area (Å²) in [6, 6.07) is 0. The van der Waals surface area contributed by atoms with Gasteiger partial charge in [0.2, 0.25) is 0 Å². The predicted octanol–water partition coefficient (Wildman–Crippen LogP) is 0.728. The predicted molar refractivity (Wildman–Crippen MR) is 73.7 cm³/mol. The van der Waals surface area contributed by atoms with Crippen LogP contribution in [-0.4, -0.2) is 55.1 Å². The van der Waals surface area contributed by atoms with Crippen LogP contribution in [0.1, 0.15) is 18.5 Å². The molecule has 1 aromatic rings. The molecule has 1 saturated heterocycles. The second-order valence-corrected chi connectivity index (χ2v) is 4.87. The van der Waals surface area contributed by atoms with Crippen molar-refractivity contribution in [3.8, 4) is 0 Å². The summed E-state index contributed by atoms with van der Waals surface area (Å²) < 4.78 is 0. The molecule has 0 aromatic carbocycles. The average molecular weight is 249 g/mol. The van der Waals surface area contributed by atoms with E-state index in [1.54, 1.807) is 0 Å². The minimum absolute atomic E-state index is 0.769. The summed E-state index contributed by atoms with van der Waals surface area (Å²) in [5.74, 6) is 0.953.